The van der Waals surface area contributed by atoms with Crippen molar-refractivity contribution in [1.29, 1.82) is 0 Å². The van der Waals surface area contributed by atoms with E-state index in [9.17, 15) is 8.78 Å². The highest BCUT2D eigenvalue weighted by molar-refractivity contribution is 6.09. The van der Waals surface area contributed by atoms with Crippen molar-refractivity contribution in [3.05, 3.63) is 84.2 Å². The van der Waals surface area contributed by atoms with Gasteiger partial charge in [-0.05, 0) is 24.6 Å². The Kier molecular flexibility index (Phi) is 3.59. The number of nitrogens with zero attached hydrogens (tertiary/aromatic N) is 2. The topological polar surface area (TPSA) is 21.9 Å². The Morgan fingerprint density at radius 1 is 1.00 bits per heavy atom. The summed E-state index contributed by atoms with van der Waals surface area (Å²) in [5.74, 6) is -0.374. The summed E-state index contributed by atoms with van der Waals surface area (Å²) in [6.07, 6.45) is 3.94. The number of imidazole rings is 1. The van der Waals surface area contributed by atoms with Gasteiger partial charge in [-0.3, -0.25) is 0 Å². The molecular weight excluding hydrogens is 358 g/mol. The third kappa shape index (κ3) is 2.36. The predicted molar refractivity (Wildman–Crippen MR) is 104 cm³/mol. The Balaban J connectivity index is 1.90. The molecule has 0 amide bonds. The molecule has 0 fully saturated rings. The van der Waals surface area contributed by atoms with E-state index in [0.717, 1.165) is 28.7 Å². The van der Waals surface area contributed by atoms with E-state index in [1.165, 1.54) is 6.07 Å². The molecule has 2 aromatic heterocycles. The number of benzene rings is 3. The van der Waals surface area contributed by atoms with Crippen molar-refractivity contribution in [2.75, 3.05) is 0 Å². The molecule has 2 heterocycles. The van der Waals surface area contributed by atoms with Gasteiger partial charge >= 0.3 is 0 Å². The van der Waals surface area contributed by atoms with Gasteiger partial charge in [0.05, 0.1) is 12.4 Å². The Morgan fingerprint density at radius 2 is 1.79 bits per heavy atom. The summed E-state index contributed by atoms with van der Waals surface area (Å²) >= 11 is 0. The lowest BCUT2D eigenvalue weighted by Crippen LogP contribution is -2.29. The van der Waals surface area contributed by atoms with Crippen LogP contribution >= 0.6 is 0 Å². The molecule has 0 saturated heterocycles. The highest BCUT2D eigenvalue weighted by Crippen LogP contribution is 2.38. The zero-order valence-corrected chi connectivity index (χ0v) is 15.4. The molecule has 0 atom stereocenters. The second-order valence-corrected chi connectivity index (χ2v) is 6.94. The number of halogens is 2. The molecule has 0 radical (unpaired) electrons. The largest absolute Gasteiger partial charge is 0.455 e. The van der Waals surface area contributed by atoms with Gasteiger partial charge in [0.15, 0.2) is 5.58 Å². The SMILES string of the molecule is Cc1ccc2c(oc3cc(F)cc(F)c32)c1-c1n(-c2ccccc2)cc[n+]1C. The van der Waals surface area contributed by atoms with E-state index in [0.29, 0.717) is 16.4 Å². The van der Waals surface area contributed by atoms with Crippen LogP contribution in [-0.4, -0.2) is 4.57 Å². The van der Waals surface area contributed by atoms with Crippen LogP contribution in [0.3, 0.4) is 0 Å². The molecule has 0 aliphatic carbocycles. The molecule has 3 nitrogen and oxygen atoms in total. The van der Waals surface area contributed by atoms with Crippen molar-refractivity contribution >= 4 is 21.9 Å². The van der Waals surface area contributed by atoms with Crippen LogP contribution in [0, 0.1) is 18.6 Å². The average Bonchev–Trinajstić information content (AvgIpc) is 3.23. The fraction of sp³-hybridized carbons (Fsp3) is 0.0870. The van der Waals surface area contributed by atoms with Crippen LogP contribution in [0.15, 0.2) is 71.4 Å². The van der Waals surface area contributed by atoms with Gasteiger partial charge in [-0.1, -0.05) is 30.3 Å². The van der Waals surface area contributed by atoms with Gasteiger partial charge in [-0.2, -0.15) is 4.57 Å². The summed E-state index contributed by atoms with van der Waals surface area (Å²) in [7, 11) is 1.95. The molecule has 28 heavy (non-hydrogen) atoms. The monoisotopic (exact) mass is 375 g/mol. The van der Waals surface area contributed by atoms with Crippen LogP contribution in [0.5, 0.6) is 0 Å². The number of para-hydroxylation sites is 1. The van der Waals surface area contributed by atoms with Gasteiger partial charge in [0.1, 0.15) is 40.9 Å². The van der Waals surface area contributed by atoms with E-state index in [1.54, 1.807) is 0 Å². The van der Waals surface area contributed by atoms with Gasteiger partial charge in [0.2, 0.25) is 0 Å². The molecule has 3 aromatic carbocycles. The lowest BCUT2D eigenvalue weighted by molar-refractivity contribution is -0.659. The molecule has 0 unspecified atom stereocenters. The number of rotatable bonds is 2. The van der Waals surface area contributed by atoms with Crippen molar-refractivity contribution in [2.24, 2.45) is 7.05 Å². The number of fused-ring (bicyclic) bond motifs is 3. The van der Waals surface area contributed by atoms with Gasteiger partial charge in [-0.15, -0.1) is 0 Å². The van der Waals surface area contributed by atoms with Crippen LogP contribution in [0.4, 0.5) is 8.78 Å². The number of furan rings is 1. The highest BCUT2D eigenvalue weighted by Gasteiger charge is 2.26. The predicted octanol–water partition coefficient (Wildman–Crippen LogP) is 5.45. The van der Waals surface area contributed by atoms with Gasteiger partial charge in [0.25, 0.3) is 5.82 Å². The van der Waals surface area contributed by atoms with Crippen molar-refractivity contribution in [3.63, 3.8) is 0 Å². The van der Waals surface area contributed by atoms with Crippen LogP contribution in [-0.2, 0) is 7.05 Å². The molecule has 0 aliphatic rings. The molecule has 0 aliphatic heterocycles. The Bertz CT molecular complexity index is 1350. The van der Waals surface area contributed by atoms with Crippen LogP contribution < -0.4 is 4.57 Å². The third-order valence-electron chi connectivity index (χ3n) is 5.13. The standard InChI is InChI=1S/C23H17F2N2O/c1-14-8-9-17-21-18(25)12-15(24)13-19(21)28-22(17)20(14)23-26(2)10-11-27(23)16-6-4-3-5-7-16/h3-13H,1-2H3/q+1. The van der Waals surface area contributed by atoms with Gasteiger partial charge < -0.3 is 4.42 Å². The molecule has 0 N–H and O–H groups in total. The Labute approximate surface area is 160 Å². The van der Waals surface area contributed by atoms with Crippen molar-refractivity contribution in [1.82, 2.24) is 4.57 Å². The minimum atomic E-state index is -0.652. The van der Waals surface area contributed by atoms with E-state index in [4.69, 9.17) is 4.42 Å². The van der Waals surface area contributed by atoms with Crippen molar-refractivity contribution < 1.29 is 17.8 Å². The average molecular weight is 375 g/mol. The number of hydrogen-bond donors (Lipinski definition) is 0. The number of aryl methyl sites for hydroxylation is 2. The quantitative estimate of drug-likeness (QED) is 0.376. The number of aromatic nitrogens is 2. The normalized spacial score (nSPS) is 11.6. The molecule has 0 bridgehead atoms. The maximum atomic E-state index is 14.5. The molecule has 138 valence electrons. The fourth-order valence-corrected chi connectivity index (χ4v) is 3.84. The highest BCUT2D eigenvalue weighted by atomic mass is 19.1. The summed E-state index contributed by atoms with van der Waals surface area (Å²) in [4.78, 5) is 0. The van der Waals surface area contributed by atoms with E-state index in [2.05, 4.69) is 4.57 Å². The maximum absolute atomic E-state index is 14.5. The zero-order chi connectivity index (χ0) is 19.4. The van der Waals surface area contributed by atoms with E-state index < -0.39 is 11.6 Å². The van der Waals surface area contributed by atoms with E-state index >= 15 is 0 Å². The smallest absolute Gasteiger partial charge is 0.297 e. The summed E-state index contributed by atoms with van der Waals surface area (Å²) < 4.78 is 38.3. The first-order valence-corrected chi connectivity index (χ1v) is 8.98. The molecule has 0 saturated carbocycles. The Morgan fingerprint density at radius 3 is 2.57 bits per heavy atom. The molecular formula is C23H17F2N2O+. The van der Waals surface area contributed by atoms with Gasteiger partial charge in [0, 0.05) is 17.5 Å². The summed E-state index contributed by atoms with van der Waals surface area (Å²) in [6, 6.07) is 15.9. The van der Waals surface area contributed by atoms with Crippen molar-refractivity contribution in [2.45, 2.75) is 6.92 Å². The summed E-state index contributed by atoms with van der Waals surface area (Å²) in [6.45, 7) is 1.99. The van der Waals surface area contributed by atoms with Crippen LogP contribution in [0.2, 0.25) is 0 Å². The zero-order valence-electron chi connectivity index (χ0n) is 15.4. The lowest BCUT2D eigenvalue weighted by Gasteiger charge is -2.07. The van der Waals surface area contributed by atoms with E-state index in [-0.39, 0.29) is 5.58 Å². The Hall–Kier alpha value is -3.47. The maximum Gasteiger partial charge on any atom is 0.297 e. The fourth-order valence-electron chi connectivity index (χ4n) is 3.84. The first-order chi connectivity index (χ1) is 13.5. The van der Waals surface area contributed by atoms with E-state index in [1.807, 2.05) is 73.4 Å². The third-order valence-corrected chi connectivity index (χ3v) is 5.13. The molecule has 0 spiro atoms. The number of hydrogen-bond acceptors (Lipinski definition) is 1. The minimum absolute atomic E-state index is 0.208. The second-order valence-electron chi connectivity index (χ2n) is 6.94. The lowest BCUT2D eigenvalue weighted by atomic mass is 10.0. The molecule has 5 aromatic rings. The van der Waals surface area contributed by atoms with Crippen LogP contribution in [0.25, 0.3) is 39.0 Å². The first kappa shape index (κ1) is 16.7. The molecule has 5 rings (SSSR count). The summed E-state index contributed by atoms with van der Waals surface area (Å²) in [5, 5.41) is 0.937. The minimum Gasteiger partial charge on any atom is -0.455 e. The summed E-state index contributed by atoms with van der Waals surface area (Å²) in [5.41, 5.74) is 3.59. The van der Waals surface area contributed by atoms with Crippen LogP contribution in [0.1, 0.15) is 5.56 Å². The van der Waals surface area contributed by atoms with Gasteiger partial charge in [-0.25, -0.2) is 13.3 Å². The van der Waals surface area contributed by atoms with Crippen molar-refractivity contribution in [3.8, 4) is 17.1 Å². The first-order valence-electron chi connectivity index (χ1n) is 8.98. The molecule has 5 heteroatoms. The second kappa shape index (κ2) is 6.02.